The van der Waals surface area contributed by atoms with E-state index >= 15 is 0 Å². The van der Waals surface area contributed by atoms with Gasteiger partial charge in [0.05, 0.1) is 13.2 Å². The molecule has 0 heterocycles. The van der Waals surface area contributed by atoms with Crippen molar-refractivity contribution in [2.24, 2.45) is 5.73 Å². The molecule has 0 saturated carbocycles. The van der Waals surface area contributed by atoms with Gasteiger partial charge < -0.3 is 20.7 Å². The number of thioether (sulfide) groups is 1. The van der Waals surface area contributed by atoms with Crippen molar-refractivity contribution >= 4 is 23.7 Å². The summed E-state index contributed by atoms with van der Waals surface area (Å²) in [5, 5.41) is 19.1. The summed E-state index contributed by atoms with van der Waals surface area (Å²) >= 11 is 1.29. The molecule has 0 unspecified atom stereocenters. The molecule has 0 saturated heterocycles. The highest BCUT2D eigenvalue weighted by molar-refractivity contribution is 8.00. The van der Waals surface area contributed by atoms with Crippen LogP contribution in [0.4, 0.5) is 0 Å². The number of esters is 1. The van der Waals surface area contributed by atoms with Crippen molar-refractivity contribution in [3.8, 4) is 0 Å². The number of carbonyl (C=O) groups excluding carboxylic acids is 1. The molecular formula is C24H39NO5S. The van der Waals surface area contributed by atoms with Crippen LogP contribution >= 0.6 is 11.8 Å². The van der Waals surface area contributed by atoms with Crippen LogP contribution in [0.15, 0.2) is 48.6 Å². The molecule has 0 amide bonds. The maximum absolute atomic E-state index is 11.2. The van der Waals surface area contributed by atoms with Crippen LogP contribution in [0.2, 0.25) is 0 Å². The van der Waals surface area contributed by atoms with Crippen LogP contribution in [-0.4, -0.2) is 52.4 Å². The summed E-state index contributed by atoms with van der Waals surface area (Å²) in [6.45, 7) is 2.20. The molecular weight excluding hydrogens is 414 g/mol. The summed E-state index contributed by atoms with van der Waals surface area (Å²) in [4.78, 5) is 22.2. The van der Waals surface area contributed by atoms with E-state index in [1.807, 2.05) is 30.4 Å². The van der Waals surface area contributed by atoms with Crippen LogP contribution in [0.5, 0.6) is 0 Å². The molecule has 0 aromatic heterocycles. The number of hydrogen-bond donors (Lipinski definition) is 3. The predicted octanol–water partition coefficient (Wildman–Crippen LogP) is 4.40. The summed E-state index contributed by atoms with van der Waals surface area (Å²) in [6, 6.07) is -0.989. The van der Waals surface area contributed by atoms with Crippen molar-refractivity contribution in [2.45, 2.75) is 75.7 Å². The minimum atomic E-state index is -1.07. The molecule has 31 heavy (non-hydrogen) atoms. The zero-order valence-corrected chi connectivity index (χ0v) is 19.6. The van der Waals surface area contributed by atoms with Crippen molar-refractivity contribution in [2.75, 3.05) is 12.9 Å². The first kappa shape index (κ1) is 29.2. The Hall–Kier alpha value is -1.83. The second-order valence-corrected chi connectivity index (χ2v) is 8.39. The van der Waals surface area contributed by atoms with Crippen LogP contribution in [0.25, 0.3) is 0 Å². The van der Waals surface area contributed by atoms with E-state index in [1.54, 1.807) is 0 Å². The maximum Gasteiger partial charge on any atom is 0.321 e. The lowest BCUT2D eigenvalue weighted by molar-refractivity contribution is -0.141. The number of rotatable bonds is 18. The number of nitrogens with two attached hydrogens (primary N) is 1. The highest BCUT2D eigenvalue weighted by Crippen LogP contribution is 2.21. The molecule has 3 atom stereocenters. The van der Waals surface area contributed by atoms with Crippen molar-refractivity contribution < 1.29 is 24.5 Å². The van der Waals surface area contributed by atoms with Gasteiger partial charge in [0.25, 0.3) is 0 Å². The number of carboxylic acid groups (broad SMARTS) is 1. The van der Waals surface area contributed by atoms with Crippen molar-refractivity contribution in [3.05, 3.63) is 48.6 Å². The topological polar surface area (TPSA) is 110 Å². The summed E-state index contributed by atoms with van der Waals surface area (Å²) < 4.78 is 4.61. The number of carbonyl (C=O) groups is 2. The largest absolute Gasteiger partial charge is 0.480 e. The quantitative estimate of drug-likeness (QED) is 0.122. The molecule has 0 rings (SSSR count). The van der Waals surface area contributed by atoms with Gasteiger partial charge in [0.2, 0.25) is 0 Å². The van der Waals surface area contributed by atoms with E-state index < -0.39 is 18.1 Å². The molecule has 7 heteroatoms. The van der Waals surface area contributed by atoms with E-state index in [2.05, 4.69) is 29.9 Å². The fraction of sp³-hybridized carbons (Fsp3) is 0.583. The normalized spacial score (nSPS) is 15.2. The van der Waals surface area contributed by atoms with E-state index in [1.165, 1.54) is 38.1 Å². The minimum absolute atomic E-state index is 0.187. The third-order valence-electron chi connectivity index (χ3n) is 4.46. The lowest BCUT2D eigenvalue weighted by Crippen LogP contribution is -2.34. The van der Waals surface area contributed by atoms with Gasteiger partial charge in [0, 0.05) is 17.4 Å². The van der Waals surface area contributed by atoms with E-state index in [-0.39, 0.29) is 23.4 Å². The molecule has 0 aromatic carbocycles. The van der Waals surface area contributed by atoms with Crippen LogP contribution in [-0.2, 0) is 14.3 Å². The average molecular weight is 454 g/mol. The Kier molecular flexibility index (Phi) is 18.9. The predicted molar refractivity (Wildman–Crippen MR) is 129 cm³/mol. The number of ether oxygens (including phenoxy) is 1. The SMILES string of the molecule is CCCCC/C=C\C\C=C/C=C\C=C/[C@@H](SC[C@H](N)C(=O)O)[C@@H](O)CCCC(=O)OC. The first-order chi connectivity index (χ1) is 14.9. The Morgan fingerprint density at radius 2 is 1.81 bits per heavy atom. The number of aliphatic carboxylic acids is 1. The number of aliphatic hydroxyl groups is 1. The molecule has 0 radical (unpaired) electrons. The van der Waals surface area contributed by atoms with Crippen molar-refractivity contribution in [1.82, 2.24) is 0 Å². The monoisotopic (exact) mass is 453 g/mol. The van der Waals surface area contributed by atoms with Gasteiger partial charge in [-0.05, 0) is 32.1 Å². The molecule has 0 spiro atoms. The molecule has 176 valence electrons. The van der Waals surface area contributed by atoms with Gasteiger partial charge in [-0.1, -0.05) is 68.4 Å². The van der Waals surface area contributed by atoms with Crippen molar-refractivity contribution in [1.29, 1.82) is 0 Å². The molecule has 6 nitrogen and oxygen atoms in total. The zero-order chi connectivity index (χ0) is 23.3. The Balaban J connectivity index is 4.55. The van der Waals surface area contributed by atoms with E-state index in [4.69, 9.17) is 10.8 Å². The highest BCUT2D eigenvalue weighted by Gasteiger charge is 2.20. The number of unbranched alkanes of at least 4 members (excludes halogenated alkanes) is 3. The first-order valence-corrected chi connectivity index (χ1v) is 12.0. The Bertz CT molecular complexity index is 601. The standard InChI is InChI=1S/C24H39NO5S/c1-3-4-5-6-7-8-9-10-11-12-13-14-17-22(31-19-20(25)24(28)29)21(26)16-15-18-23(27)30-2/h7-8,10-14,17,20-22,26H,3-6,9,15-16,18-19,25H2,1-2H3,(H,28,29)/b8-7-,11-10-,13-12-,17-14-/t20-,21-,22+/m0/s1. The Labute approximate surface area is 191 Å². The molecule has 0 bridgehead atoms. The van der Waals surface area contributed by atoms with Gasteiger partial charge in [0.15, 0.2) is 0 Å². The number of aliphatic hydroxyl groups excluding tert-OH is 1. The van der Waals surface area contributed by atoms with Gasteiger partial charge in [-0.15, -0.1) is 11.8 Å². The number of methoxy groups -OCH3 is 1. The fourth-order valence-electron chi connectivity index (χ4n) is 2.57. The average Bonchev–Trinajstić information content (AvgIpc) is 2.75. The third-order valence-corrected chi connectivity index (χ3v) is 5.86. The molecule has 4 N–H and O–H groups in total. The van der Waals surface area contributed by atoms with Crippen LogP contribution in [0.3, 0.4) is 0 Å². The highest BCUT2D eigenvalue weighted by atomic mass is 32.2. The second-order valence-electron chi connectivity index (χ2n) is 7.18. The molecule has 0 aromatic rings. The van der Waals surface area contributed by atoms with Gasteiger partial charge in [0.1, 0.15) is 6.04 Å². The van der Waals surface area contributed by atoms with Gasteiger partial charge >= 0.3 is 11.9 Å². The molecule has 0 fully saturated rings. The smallest absolute Gasteiger partial charge is 0.321 e. The van der Waals surface area contributed by atoms with E-state index in [9.17, 15) is 14.7 Å². The van der Waals surface area contributed by atoms with Crippen LogP contribution in [0.1, 0.15) is 58.3 Å². The van der Waals surface area contributed by atoms with Crippen LogP contribution in [0, 0.1) is 0 Å². The van der Waals surface area contributed by atoms with E-state index in [0.717, 1.165) is 12.8 Å². The minimum Gasteiger partial charge on any atom is -0.480 e. The van der Waals surface area contributed by atoms with Gasteiger partial charge in [-0.3, -0.25) is 9.59 Å². The third kappa shape index (κ3) is 17.5. The van der Waals surface area contributed by atoms with E-state index in [0.29, 0.717) is 12.8 Å². The zero-order valence-electron chi connectivity index (χ0n) is 18.8. The van der Waals surface area contributed by atoms with Crippen molar-refractivity contribution in [3.63, 3.8) is 0 Å². The Morgan fingerprint density at radius 1 is 1.06 bits per heavy atom. The summed E-state index contributed by atoms with van der Waals surface area (Å²) in [5.41, 5.74) is 5.58. The molecule has 0 aliphatic carbocycles. The number of allylic oxidation sites excluding steroid dienone is 7. The molecule has 0 aliphatic heterocycles. The fourth-order valence-corrected chi connectivity index (χ4v) is 3.70. The van der Waals surface area contributed by atoms with Gasteiger partial charge in [-0.2, -0.15) is 0 Å². The van der Waals surface area contributed by atoms with Gasteiger partial charge in [-0.25, -0.2) is 0 Å². The Morgan fingerprint density at radius 3 is 2.48 bits per heavy atom. The number of hydrogen-bond acceptors (Lipinski definition) is 6. The van der Waals surface area contributed by atoms with Crippen LogP contribution < -0.4 is 5.73 Å². The first-order valence-electron chi connectivity index (χ1n) is 10.9. The summed E-state index contributed by atoms with van der Waals surface area (Å²) in [5.74, 6) is -1.20. The summed E-state index contributed by atoms with van der Waals surface area (Å²) in [7, 11) is 1.33. The maximum atomic E-state index is 11.2. The number of carboxylic acids is 1. The summed E-state index contributed by atoms with van der Waals surface area (Å²) in [6.07, 6.45) is 22.1. The second kappa shape index (κ2) is 20.1. The molecule has 0 aliphatic rings. The lowest BCUT2D eigenvalue weighted by Gasteiger charge is -2.20. The lowest BCUT2D eigenvalue weighted by atomic mass is 10.1.